The molecule has 0 aromatic heterocycles. The Hall–Kier alpha value is -4.06. The zero-order chi connectivity index (χ0) is 21.9. The van der Waals surface area contributed by atoms with E-state index in [0.29, 0.717) is 22.6 Å². The van der Waals surface area contributed by atoms with Gasteiger partial charge >= 0.3 is 11.9 Å². The highest BCUT2D eigenvalue weighted by Crippen LogP contribution is 2.28. The second-order valence-corrected chi connectivity index (χ2v) is 6.34. The molecule has 0 radical (unpaired) electrons. The van der Waals surface area contributed by atoms with Gasteiger partial charge in [0, 0.05) is 0 Å². The van der Waals surface area contributed by atoms with Crippen molar-refractivity contribution < 1.29 is 28.5 Å². The van der Waals surface area contributed by atoms with E-state index in [9.17, 15) is 9.59 Å². The molecule has 0 fully saturated rings. The Morgan fingerprint density at radius 1 is 0.774 bits per heavy atom. The molecule has 6 nitrogen and oxygen atoms in total. The van der Waals surface area contributed by atoms with Gasteiger partial charge in [-0.2, -0.15) is 0 Å². The van der Waals surface area contributed by atoms with Crippen LogP contribution in [0.2, 0.25) is 0 Å². The van der Waals surface area contributed by atoms with E-state index >= 15 is 0 Å². The average Bonchev–Trinajstić information content (AvgIpc) is 2.83. The maximum Gasteiger partial charge on any atom is 0.340 e. The molecule has 6 heteroatoms. The van der Waals surface area contributed by atoms with Gasteiger partial charge in [0.05, 0.1) is 18.2 Å². The summed E-state index contributed by atoms with van der Waals surface area (Å²) < 4.78 is 21.2. The number of esters is 2. The van der Waals surface area contributed by atoms with Gasteiger partial charge in [0.2, 0.25) is 6.79 Å². The number of carbonyl (C=O) groups is 2. The monoisotopic (exact) mass is 418 g/mol. The van der Waals surface area contributed by atoms with Crippen LogP contribution < -0.4 is 9.47 Å². The molecule has 0 aliphatic carbocycles. The van der Waals surface area contributed by atoms with Gasteiger partial charge in [0.1, 0.15) is 6.61 Å². The zero-order valence-electron chi connectivity index (χ0n) is 17.0. The molecule has 0 bridgehead atoms. The molecule has 158 valence electrons. The molecule has 3 rings (SSSR count). The minimum Gasteiger partial charge on any atom is -0.493 e. The Bertz CT molecular complexity index is 1030. The molecule has 0 N–H and O–H groups in total. The van der Waals surface area contributed by atoms with Crippen LogP contribution >= 0.6 is 0 Å². The van der Waals surface area contributed by atoms with E-state index in [2.05, 4.69) is 0 Å². The van der Waals surface area contributed by atoms with E-state index in [4.69, 9.17) is 18.9 Å². The van der Waals surface area contributed by atoms with Crippen LogP contribution in [0.1, 0.15) is 26.3 Å². The smallest absolute Gasteiger partial charge is 0.340 e. The number of hydrogen-bond acceptors (Lipinski definition) is 6. The van der Waals surface area contributed by atoms with Gasteiger partial charge in [-0.25, -0.2) is 9.59 Å². The molecule has 3 aromatic carbocycles. The third-order valence-electron chi connectivity index (χ3n) is 4.23. The van der Waals surface area contributed by atoms with Crippen LogP contribution in [0.4, 0.5) is 0 Å². The highest BCUT2D eigenvalue weighted by molar-refractivity contribution is 5.89. The number of ether oxygens (including phenoxy) is 4. The molecule has 0 atom stereocenters. The highest BCUT2D eigenvalue weighted by atomic mass is 16.7. The normalized spacial score (nSPS) is 10.5. The Balaban J connectivity index is 1.50. The van der Waals surface area contributed by atoms with Crippen molar-refractivity contribution in [2.24, 2.45) is 0 Å². The van der Waals surface area contributed by atoms with Gasteiger partial charge in [0.15, 0.2) is 11.5 Å². The van der Waals surface area contributed by atoms with Crippen LogP contribution in [0.5, 0.6) is 11.5 Å². The Morgan fingerprint density at radius 2 is 1.39 bits per heavy atom. The number of rotatable bonds is 9. The summed E-state index contributed by atoms with van der Waals surface area (Å²) in [5, 5.41) is 0. The van der Waals surface area contributed by atoms with Gasteiger partial charge in [-0.15, -0.1) is 0 Å². The molecule has 0 saturated heterocycles. The van der Waals surface area contributed by atoms with Crippen LogP contribution in [0.25, 0.3) is 6.08 Å². The number of methoxy groups -OCH3 is 1. The average molecular weight is 418 g/mol. The predicted octanol–water partition coefficient (Wildman–Crippen LogP) is 4.76. The molecule has 0 saturated carbocycles. The lowest BCUT2D eigenvalue weighted by Gasteiger charge is -2.11. The molecular formula is C25H22O6. The largest absolute Gasteiger partial charge is 0.493 e. The van der Waals surface area contributed by atoms with Gasteiger partial charge in [-0.1, -0.05) is 48.5 Å². The lowest BCUT2D eigenvalue weighted by molar-refractivity contribution is 0.0146. The Kier molecular flexibility index (Phi) is 7.83. The molecule has 0 unspecified atom stereocenters. The SMILES string of the molecule is COc1cc(/C=C/COC(=O)c2ccccc2)ccc1OCOC(=O)c1ccccc1. The Morgan fingerprint density at radius 3 is 2.00 bits per heavy atom. The molecule has 0 heterocycles. The highest BCUT2D eigenvalue weighted by Gasteiger charge is 2.09. The fraction of sp³-hybridized carbons (Fsp3) is 0.120. The van der Waals surface area contributed by atoms with Gasteiger partial charge in [0.25, 0.3) is 0 Å². The van der Waals surface area contributed by atoms with Crippen molar-refractivity contribution in [3.8, 4) is 11.5 Å². The van der Waals surface area contributed by atoms with Crippen molar-refractivity contribution in [1.82, 2.24) is 0 Å². The standard InChI is InChI=1S/C25H22O6/c1-28-23-17-19(9-8-16-29-24(26)20-10-4-2-5-11-20)14-15-22(23)30-18-31-25(27)21-12-6-3-7-13-21/h2-15,17H,16,18H2,1H3/b9-8+. The van der Waals surface area contributed by atoms with Gasteiger partial charge in [-0.3, -0.25) is 0 Å². The van der Waals surface area contributed by atoms with Crippen molar-refractivity contribution in [2.75, 3.05) is 20.5 Å². The molecule has 0 aliphatic heterocycles. The minimum absolute atomic E-state index is 0.143. The maximum atomic E-state index is 12.0. The van der Waals surface area contributed by atoms with E-state index in [1.807, 2.05) is 18.2 Å². The summed E-state index contributed by atoms with van der Waals surface area (Å²) in [6.45, 7) is -0.0988. The van der Waals surface area contributed by atoms with Gasteiger partial charge < -0.3 is 18.9 Å². The Labute approximate surface area is 180 Å². The van der Waals surface area contributed by atoms with Crippen LogP contribution in [-0.4, -0.2) is 32.4 Å². The molecule has 0 amide bonds. The van der Waals surface area contributed by atoms with Crippen molar-refractivity contribution in [2.45, 2.75) is 0 Å². The predicted molar refractivity (Wildman–Crippen MR) is 116 cm³/mol. The summed E-state index contributed by atoms with van der Waals surface area (Å²) in [4.78, 5) is 23.9. The summed E-state index contributed by atoms with van der Waals surface area (Å²) in [5.41, 5.74) is 1.79. The first kappa shape index (κ1) is 21.6. The summed E-state index contributed by atoms with van der Waals surface area (Å²) in [5.74, 6) is 0.0796. The second kappa shape index (κ2) is 11.2. The second-order valence-electron chi connectivity index (χ2n) is 6.34. The molecular weight excluding hydrogens is 396 g/mol. The van der Waals surface area contributed by atoms with Gasteiger partial charge in [-0.05, 0) is 48.0 Å². The summed E-state index contributed by atoms with van der Waals surface area (Å²) in [6, 6.07) is 22.8. The van der Waals surface area contributed by atoms with Crippen LogP contribution in [0, 0.1) is 0 Å². The van der Waals surface area contributed by atoms with Crippen LogP contribution in [0.3, 0.4) is 0 Å². The minimum atomic E-state index is -0.468. The molecule has 0 aliphatic rings. The van der Waals surface area contributed by atoms with E-state index in [1.54, 1.807) is 72.8 Å². The fourth-order valence-corrected chi connectivity index (χ4v) is 2.68. The van der Waals surface area contributed by atoms with Crippen molar-refractivity contribution in [3.05, 3.63) is 102 Å². The van der Waals surface area contributed by atoms with Crippen molar-refractivity contribution in [3.63, 3.8) is 0 Å². The van der Waals surface area contributed by atoms with E-state index in [0.717, 1.165) is 5.56 Å². The third kappa shape index (κ3) is 6.47. The summed E-state index contributed by atoms with van der Waals surface area (Å²) >= 11 is 0. The van der Waals surface area contributed by atoms with E-state index in [-0.39, 0.29) is 19.4 Å². The number of benzene rings is 3. The fourth-order valence-electron chi connectivity index (χ4n) is 2.68. The first-order valence-electron chi connectivity index (χ1n) is 9.59. The first-order chi connectivity index (χ1) is 15.2. The van der Waals surface area contributed by atoms with Crippen LogP contribution in [-0.2, 0) is 9.47 Å². The van der Waals surface area contributed by atoms with E-state index in [1.165, 1.54) is 7.11 Å². The summed E-state index contributed by atoms with van der Waals surface area (Å²) in [7, 11) is 1.52. The van der Waals surface area contributed by atoms with Crippen molar-refractivity contribution in [1.29, 1.82) is 0 Å². The molecule has 31 heavy (non-hydrogen) atoms. The third-order valence-corrected chi connectivity index (χ3v) is 4.23. The zero-order valence-corrected chi connectivity index (χ0v) is 17.0. The lowest BCUT2D eigenvalue weighted by atomic mass is 10.2. The van der Waals surface area contributed by atoms with Crippen LogP contribution in [0.15, 0.2) is 84.9 Å². The van der Waals surface area contributed by atoms with Crippen molar-refractivity contribution >= 4 is 18.0 Å². The summed E-state index contributed by atoms with van der Waals surface area (Å²) in [6.07, 6.45) is 3.54. The van der Waals surface area contributed by atoms with E-state index < -0.39 is 5.97 Å². The molecule has 0 spiro atoms. The number of carbonyl (C=O) groups excluding carboxylic acids is 2. The number of hydrogen-bond donors (Lipinski definition) is 0. The first-order valence-corrected chi connectivity index (χ1v) is 9.59. The maximum absolute atomic E-state index is 12.0. The topological polar surface area (TPSA) is 71.1 Å². The lowest BCUT2D eigenvalue weighted by Crippen LogP contribution is -2.11. The quantitative estimate of drug-likeness (QED) is 0.369. The molecule has 3 aromatic rings.